The average Bonchev–Trinajstić information content (AvgIpc) is 2.78. The molecule has 1 heterocycles. The molecule has 1 N–H and O–H groups in total. The van der Waals surface area contributed by atoms with E-state index in [0.717, 1.165) is 36.4 Å². The van der Waals surface area contributed by atoms with E-state index in [-0.39, 0.29) is 22.8 Å². The molecule has 9 nitrogen and oxygen atoms in total. The minimum Gasteiger partial charge on any atom is -0.450 e. The highest BCUT2D eigenvalue weighted by atomic mass is 32.2. The number of hydrogen-bond donors (Lipinski definition) is 1. The topological polar surface area (TPSA) is 129 Å². The summed E-state index contributed by atoms with van der Waals surface area (Å²) in [4.78, 5) is 21.8. The largest absolute Gasteiger partial charge is 0.450 e. The predicted octanol–water partition coefficient (Wildman–Crippen LogP) is 5.62. The molecule has 13 heteroatoms. The minimum absolute atomic E-state index is 0.0806. The zero-order chi connectivity index (χ0) is 26.3. The molecule has 0 aliphatic carbocycles. The lowest BCUT2D eigenvalue weighted by molar-refractivity contribution is -0.385. The number of nitrogens with one attached hydrogen (secondary N) is 1. The van der Waals surface area contributed by atoms with Crippen molar-refractivity contribution in [1.82, 2.24) is 0 Å². The molecular weight excluding hydrogens is 505 g/mol. The van der Waals surface area contributed by atoms with Gasteiger partial charge in [-0.1, -0.05) is 6.07 Å². The first-order chi connectivity index (χ1) is 16.8. The van der Waals surface area contributed by atoms with Crippen LogP contribution in [-0.2, 0) is 16.2 Å². The molecule has 0 saturated heterocycles. The molecule has 0 atom stereocenters. The average molecular weight is 520 g/mol. The van der Waals surface area contributed by atoms with Crippen molar-refractivity contribution < 1.29 is 35.7 Å². The summed E-state index contributed by atoms with van der Waals surface area (Å²) in [6.07, 6.45) is -4.69. The maximum Gasteiger partial charge on any atom is 0.416 e. The van der Waals surface area contributed by atoms with Crippen molar-refractivity contribution in [1.29, 1.82) is 0 Å². The Morgan fingerprint density at radius 1 is 1.03 bits per heavy atom. The molecule has 1 aromatic heterocycles. The van der Waals surface area contributed by atoms with Crippen molar-refractivity contribution in [2.24, 2.45) is 0 Å². The first-order valence-corrected chi connectivity index (χ1v) is 11.5. The molecule has 0 fully saturated rings. The number of hydrogen-bond acceptors (Lipinski definition) is 7. The van der Waals surface area contributed by atoms with E-state index in [1.54, 1.807) is 13.0 Å². The van der Waals surface area contributed by atoms with Gasteiger partial charge in [0.25, 0.3) is 10.0 Å². The van der Waals surface area contributed by atoms with E-state index in [4.69, 9.17) is 9.15 Å². The van der Waals surface area contributed by atoms with Crippen LogP contribution in [0.25, 0.3) is 11.0 Å². The van der Waals surface area contributed by atoms with Gasteiger partial charge in [-0.2, -0.15) is 13.2 Å². The molecular formula is C23H15F3N2O7S. The molecule has 4 rings (SSSR count). The number of rotatable bonds is 6. The van der Waals surface area contributed by atoms with Gasteiger partial charge in [0.05, 0.1) is 15.4 Å². The predicted molar refractivity (Wildman–Crippen MR) is 123 cm³/mol. The second-order valence-electron chi connectivity index (χ2n) is 7.58. The lowest BCUT2D eigenvalue weighted by Crippen LogP contribution is -2.14. The van der Waals surface area contributed by atoms with Gasteiger partial charge in [0.15, 0.2) is 0 Å². The Kier molecular flexibility index (Phi) is 6.18. The van der Waals surface area contributed by atoms with Crippen LogP contribution in [0.2, 0.25) is 0 Å². The van der Waals surface area contributed by atoms with Gasteiger partial charge in [-0.15, -0.1) is 0 Å². The Morgan fingerprint density at radius 2 is 1.78 bits per heavy atom. The van der Waals surface area contributed by atoms with E-state index in [2.05, 4.69) is 0 Å². The fraction of sp³-hybridized carbons (Fsp3) is 0.0870. The number of anilines is 1. The van der Waals surface area contributed by atoms with Gasteiger partial charge < -0.3 is 9.15 Å². The third-order valence-corrected chi connectivity index (χ3v) is 6.41. The SMILES string of the molecule is Cc1cc(=O)oc2cc(Oc3ccc(S(=O)(=O)Nc4cccc(C(F)(F)F)c4)cc3[N+](=O)[O-])ccc12. The number of halogens is 3. The highest BCUT2D eigenvalue weighted by molar-refractivity contribution is 7.92. The van der Waals surface area contributed by atoms with Gasteiger partial charge in [-0.05, 0) is 55.0 Å². The molecule has 36 heavy (non-hydrogen) atoms. The molecule has 4 aromatic rings. The van der Waals surface area contributed by atoms with Crippen molar-refractivity contribution in [3.8, 4) is 11.5 Å². The lowest BCUT2D eigenvalue weighted by Gasteiger charge is -2.12. The smallest absolute Gasteiger partial charge is 0.416 e. The third-order valence-electron chi connectivity index (χ3n) is 5.03. The molecule has 0 aliphatic heterocycles. The molecule has 0 saturated carbocycles. The van der Waals surface area contributed by atoms with Gasteiger partial charge >= 0.3 is 17.5 Å². The number of fused-ring (bicyclic) bond motifs is 1. The monoisotopic (exact) mass is 520 g/mol. The Labute approximate surface area is 200 Å². The Balaban J connectivity index is 1.66. The van der Waals surface area contributed by atoms with Crippen molar-refractivity contribution >= 4 is 32.4 Å². The number of nitrogens with zero attached hydrogens (tertiary/aromatic N) is 1. The highest BCUT2D eigenvalue weighted by Crippen LogP contribution is 2.36. The molecule has 0 amide bonds. The molecule has 3 aromatic carbocycles. The number of nitro groups is 1. The van der Waals surface area contributed by atoms with Crippen LogP contribution in [0, 0.1) is 17.0 Å². The van der Waals surface area contributed by atoms with Crippen LogP contribution in [0.5, 0.6) is 11.5 Å². The number of sulfonamides is 1. The Morgan fingerprint density at radius 3 is 2.47 bits per heavy atom. The van der Waals surface area contributed by atoms with Crippen LogP contribution in [-0.4, -0.2) is 13.3 Å². The zero-order valence-electron chi connectivity index (χ0n) is 18.2. The summed E-state index contributed by atoms with van der Waals surface area (Å²) < 4.78 is 76.9. The first kappa shape index (κ1) is 24.7. The second-order valence-corrected chi connectivity index (χ2v) is 9.26. The van der Waals surface area contributed by atoms with Gasteiger partial charge in [0.2, 0.25) is 5.75 Å². The second kappa shape index (κ2) is 9.00. The van der Waals surface area contributed by atoms with Crippen LogP contribution in [0.4, 0.5) is 24.5 Å². The lowest BCUT2D eigenvalue weighted by atomic mass is 10.1. The minimum atomic E-state index is -4.69. The van der Waals surface area contributed by atoms with E-state index in [1.807, 2.05) is 4.72 Å². The van der Waals surface area contributed by atoms with Crippen LogP contribution < -0.4 is 15.1 Å². The summed E-state index contributed by atoms with van der Waals surface area (Å²) in [5.74, 6) is -0.232. The number of nitro benzene ring substituents is 1. The maximum atomic E-state index is 12.9. The Hall–Kier alpha value is -4.39. The normalized spacial score (nSPS) is 11.9. The molecule has 0 radical (unpaired) electrons. The zero-order valence-corrected chi connectivity index (χ0v) is 19.0. The van der Waals surface area contributed by atoms with E-state index >= 15 is 0 Å². The summed E-state index contributed by atoms with van der Waals surface area (Å²) in [5, 5.41) is 12.3. The van der Waals surface area contributed by atoms with Gasteiger partial charge in [-0.3, -0.25) is 14.8 Å². The third kappa shape index (κ3) is 5.15. The van der Waals surface area contributed by atoms with E-state index < -0.39 is 42.9 Å². The van der Waals surface area contributed by atoms with Crippen LogP contribution in [0.1, 0.15) is 11.1 Å². The highest BCUT2D eigenvalue weighted by Gasteiger charge is 2.31. The summed E-state index contributed by atoms with van der Waals surface area (Å²) in [7, 11) is -4.49. The quantitative estimate of drug-likeness (QED) is 0.198. The number of alkyl halides is 3. The van der Waals surface area contributed by atoms with E-state index in [1.165, 1.54) is 18.2 Å². The fourth-order valence-corrected chi connectivity index (χ4v) is 4.43. The van der Waals surface area contributed by atoms with Crippen molar-refractivity contribution in [3.63, 3.8) is 0 Å². The van der Waals surface area contributed by atoms with Crippen LogP contribution in [0.15, 0.2) is 80.8 Å². The van der Waals surface area contributed by atoms with Crippen LogP contribution in [0.3, 0.4) is 0 Å². The van der Waals surface area contributed by atoms with Gasteiger partial charge in [0, 0.05) is 29.3 Å². The standard InChI is InChI=1S/C23H15F3N2O7S/c1-13-9-22(29)35-21-11-16(5-7-18(13)21)34-20-8-6-17(12-19(20)28(30)31)36(32,33)27-15-4-2-3-14(10-15)23(24,25)26/h2-12,27H,1H3. The number of ether oxygens (including phenoxy) is 1. The molecule has 0 unspecified atom stereocenters. The maximum absolute atomic E-state index is 12.9. The van der Waals surface area contributed by atoms with Gasteiger partial charge in [-0.25, -0.2) is 13.2 Å². The molecule has 0 aliphatic rings. The van der Waals surface area contributed by atoms with E-state index in [0.29, 0.717) is 17.0 Å². The number of aryl methyl sites for hydroxylation is 1. The summed E-state index contributed by atoms with van der Waals surface area (Å²) >= 11 is 0. The molecule has 186 valence electrons. The molecule has 0 bridgehead atoms. The summed E-state index contributed by atoms with van der Waals surface area (Å²) in [5.41, 5.74) is -1.91. The van der Waals surface area contributed by atoms with Crippen molar-refractivity contribution in [2.75, 3.05) is 4.72 Å². The first-order valence-electron chi connectivity index (χ1n) is 10.0. The molecule has 0 spiro atoms. The summed E-state index contributed by atoms with van der Waals surface area (Å²) in [6, 6.07) is 12.0. The van der Waals surface area contributed by atoms with Crippen LogP contribution >= 0.6 is 0 Å². The fourth-order valence-electron chi connectivity index (χ4n) is 3.36. The number of benzene rings is 3. The summed E-state index contributed by atoms with van der Waals surface area (Å²) in [6.45, 7) is 1.71. The van der Waals surface area contributed by atoms with Gasteiger partial charge in [0.1, 0.15) is 11.3 Å². The van der Waals surface area contributed by atoms with Crippen molar-refractivity contribution in [3.05, 3.63) is 98.4 Å². The van der Waals surface area contributed by atoms with E-state index in [9.17, 15) is 36.5 Å². The Bertz CT molecular complexity index is 1660. The van der Waals surface area contributed by atoms with Crippen molar-refractivity contribution in [2.45, 2.75) is 18.0 Å².